The lowest BCUT2D eigenvalue weighted by Gasteiger charge is -2.13. The number of hydrogen-bond donors (Lipinski definition) is 0. The molecule has 0 N–H and O–H groups in total. The van der Waals surface area contributed by atoms with Crippen LogP contribution in [-0.2, 0) is 13.2 Å². The molecule has 1 aromatic heterocycles. The second-order valence-electron chi connectivity index (χ2n) is 4.89. The Morgan fingerprint density at radius 2 is 1.61 bits per heavy atom. The summed E-state index contributed by atoms with van der Waals surface area (Å²) in [5.41, 5.74) is -5.36. The van der Waals surface area contributed by atoms with Crippen LogP contribution in [0.2, 0.25) is 5.02 Å². The van der Waals surface area contributed by atoms with Crippen LogP contribution in [0.15, 0.2) is 27.8 Å². The van der Waals surface area contributed by atoms with Gasteiger partial charge in [-0.2, -0.15) is 13.2 Å². The van der Waals surface area contributed by atoms with Crippen molar-refractivity contribution in [3.05, 3.63) is 60.5 Å². The van der Waals surface area contributed by atoms with Crippen molar-refractivity contribution >= 4 is 24.5 Å². The summed E-state index contributed by atoms with van der Waals surface area (Å²) >= 11 is 5.57. The molecule has 0 saturated heterocycles. The second-order valence-corrected chi connectivity index (χ2v) is 5.30. The highest BCUT2D eigenvalue weighted by molar-refractivity contribution is 6.50. The number of hydrogen-bond acceptors (Lipinski definition) is 3. The van der Waals surface area contributed by atoms with Gasteiger partial charge in [-0.25, -0.2) is 13.8 Å². The van der Waals surface area contributed by atoms with E-state index in [4.69, 9.17) is 17.0 Å². The normalized spacial score (nSPS) is 11.5. The fourth-order valence-electron chi connectivity index (χ4n) is 1.89. The van der Waals surface area contributed by atoms with Gasteiger partial charge in [0, 0.05) is 19.2 Å². The molecule has 0 aliphatic heterocycles. The molecular weight excluding hydrogens is 430 g/mol. The summed E-state index contributed by atoms with van der Waals surface area (Å²) in [6.07, 6.45) is -4.93. The molecular formula is C12H6BClF8N4O2. The standard InChI is InChI=1S/C12H6ClF4N4O2.BF4/c1-20-9(12(15,16)17)4-10(22)21(11(20)23)8-3-7(19-18)5(13)2-6(8)14;2-1(3,4)5/h2-4H,1H3;/q+1;-1. The Bertz CT molecular complexity index is 1050. The van der Waals surface area contributed by atoms with Crippen LogP contribution in [0.4, 0.5) is 40.5 Å². The zero-order valence-electron chi connectivity index (χ0n) is 13.3. The highest BCUT2D eigenvalue weighted by Crippen LogP contribution is 2.30. The Kier molecular flexibility index (Phi) is 6.62. The molecule has 152 valence electrons. The van der Waals surface area contributed by atoms with Gasteiger partial charge in [0.05, 0.1) is 11.8 Å². The molecule has 28 heavy (non-hydrogen) atoms. The number of nitrogens with zero attached hydrogens (tertiary/aromatic N) is 4. The zero-order valence-corrected chi connectivity index (χ0v) is 14.1. The maximum Gasteiger partial charge on any atom is 0.673 e. The van der Waals surface area contributed by atoms with Gasteiger partial charge < -0.3 is 17.3 Å². The Morgan fingerprint density at radius 1 is 1.11 bits per heavy atom. The number of alkyl halides is 3. The third kappa shape index (κ3) is 5.55. The molecule has 16 heteroatoms. The van der Waals surface area contributed by atoms with Crippen LogP contribution >= 0.6 is 11.6 Å². The van der Waals surface area contributed by atoms with Crippen LogP contribution in [0.1, 0.15) is 5.69 Å². The lowest BCUT2D eigenvalue weighted by Crippen LogP contribution is -2.41. The Labute approximate surface area is 154 Å². The fourth-order valence-corrected chi connectivity index (χ4v) is 2.08. The zero-order chi connectivity index (χ0) is 22.0. The molecule has 0 amide bonds. The molecule has 0 radical (unpaired) electrons. The molecule has 0 bridgehead atoms. The number of halogens is 9. The van der Waals surface area contributed by atoms with Gasteiger partial charge in [-0.3, -0.25) is 9.36 Å². The third-order valence-corrected chi connectivity index (χ3v) is 3.28. The summed E-state index contributed by atoms with van der Waals surface area (Å²) < 4.78 is 91.5. The minimum atomic E-state index is -6.00. The molecule has 2 aromatic rings. The number of rotatable bonds is 1. The molecule has 0 aliphatic rings. The van der Waals surface area contributed by atoms with Gasteiger partial charge in [-0.15, -0.1) is 0 Å². The van der Waals surface area contributed by atoms with E-state index in [-0.39, 0.29) is 25.9 Å². The van der Waals surface area contributed by atoms with Crippen molar-refractivity contribution in [2.45, 2.75) is 6.18 Å². The quantitative estimate of drug-likeness (QED) is 0.383. The van der Waals surface area contributed by atoms with E-state index in [1.54, 1.807) is 0 Å². The van der Waals surface area contributed by atoms with Gasteiger partial charge in [0.2, 0.25) is 5.39 Å². The number of diazo groups is 1. The van der Waals surface area contributed by atoms with Gasteiger partial charge in [-0.1, -0.05) is 11.6 Å². The predicted octanol–water partition coefficient (Wildman–Crippen LogP) is 4.13. The molecule has 6 nitrogen and oxygen atoms in total. The monoisotopic (exact) mass is 436 g/mol. The number of aromatic nitrogens is 2. The van der Waals surface area contributed by atoms with Gasteiger partial charge in [0.15, 0.2) is 4.98 Å². The van der Waals surface area contributed by atoms with Gasteiger partial charge in [0.25, 0.3) is 5.56 Å². The molecule has 0 spiro atoms. The molecule has 0 unspecified atom stereocenters. The first-order chi connectivity index (χ1) is 12.6. The van der Waals surface area contributed by atoms with Crippen LogP contribution in [0, 0.1) is 11.2 Å². The Morgan fingerprint density at radius 3 is 2.04 bits per heavy atom. The molecule has 1 heterocycles. The minimum absolute atomic E-state index is 0.158. The predicted molar refractivity (Wildman–Crippen MR) is 82.2 cm³/mol. The SMILES string of the molecule is Cn1c(C(F)(F)F)cc(=O)n(-c2cc([N+]#N)c(Cl)cc2F)c1=O.F[B-](F)(F)F. The summed E-state index contributed by atoms with van der Waals surface area (Å²) in [7, 11) is -5.22. The highest BCUT2D eigenvalue weighted by atomic mass is 35.5. The van der Waals surface area contributed by atoms with E-state index >= 15 is 0 Å². The first-order valence-electron chi connectivity index (χ1n) is 6.70. The number of benzene rings is 1. The van der Waals surface area contributed by atoms with E-state index < -0.39 is 41.9 Å². The van der Waals surface area contributed by atoms with Crippen LogP contribution < -0.4 is 11.2 Å². The molecule has 2 rings (SSSR count). The smallest absolute Gasteiger partial charge is 0.418 e. The van der Waals surface area contributed by atoms with Crippen molar-refractivity contribution in [2.75, 3.05) is 0 Å². The van der Waals surface area contributed by atoms with E-state index in [2.05, 4.69) is 4.98 Å². The van der Waals surface area contributed by atoms with Crippen molar-refractivity contribution in [2.24, 2.45) is 7.05 Å². The largest absolute Gasteiger partial charge is 0.673 e. The van der Waals surface area contributed by atoms with Crippen molar-refractivity contribution in [1.29, 1.82) is 5.39 Å². The van der Waals surface area contributed by atoms with E-state index in [0.717, 1.165) is 13.1 Å². The first-order valence-corrected chi connectivity index (χ1v) is 7.07. The minimum Gasteiger partial charge on any atom is -0.418 e. The van der Waals surface area contributed by atoms with Crippen molar-refractivity contribution in [3.8, 4) is 5.69 Å². The summed E-state index contributed by atoms with van der Waals surface area (Å²) in [5, 5.41) is 8.41. The molecule has 0 aliphatic carbocycles. The average Bonchev–Trinajstić information content (AvgIpc) is 2.50. The van der Waals surface area contributed by atoms with Gasteiger partial charge in [0.1, 0.15) is 16.5 Å². The van der Waals surface area contributed by atoms with E-state index in [0.29, 0.717) is 6.07 Å². The van der Waals surface area contributed by atoms with Gasteiger partial charge in [-0.05, 0) is 0 Å². The Balaban J connectivity index is 0.000000696. The maximum atomic E-state index is 13.9. The van der Waals surface area contributed by atoms with E-state index in [1.165, 1.54) is 0 Å². The first kappa shape index (κ1) is 23.2. The summed E-state index contributed by atoms with van der Waals surface area (Å²) in [5.74, 6) is -1.15. The average molecular weight is 436 g/mol. The maximum absolute atomic E-state index is 13.9. The molecule has 0 fully saturated rings. The van der Waals surface area contributed by atoms with E-state index in [1.807, 2.05) is 0 Å². The molecule has 0 atom stereocenters. The third-order valence-electron chi connectivity index (χ3n) is 2.98. The molecule has 1 aromatic carbocycles. The van der Waals surface area contributed by atoms with Crippen LogP contribution in [0.25, 0.3) is 10.7 Å². The highest BCUT2D eigenvalue weighted by Gasteiger charge is 2.35. The van der Waals surface area contributed by atoms with Crippen molar-refractivity contribution in [3.63, 3.8) is 0 Å². The van der Waals surface area contributed by atoms with Crippen LogP contribution in [0.5, 0.6) is 0 Å². The lowest BCUT2D eigenvalue weighted by atomic mass is 10.2. The topological polar surface area (TPSA) is 72.2 Å². The second kappa shape index (κ2) is 8.01. The molecule has 0 saturated carbocycles. The van der Waals surface area contributed by atoms with E-state index in [9.17, 15) is 44.4 Å². The summed E-state index contributed by atoms with van der Waals surface area (Å²) in [6.45, 7) is 0. The summed E-state index contributed by atoms with van der Waals surface area (Å²) in [6, 6.07) is 1.58. The van der Waals surface area contributed by atoms with Crippen molar-refractivity contribution < 1.29 is 34.8 Å². The van der Waals surface area contributed by atoms with Crippen molar-refractivity contribution in [1.82, 2.24) is 9.13 Å². The summed E-state index contributed by atoms with van der Waals surface area (Å²) in [4.78, 5) is 26.6. The Hall–Kier alpha value is -2.89. The van der Waals surface area contributed by atoms with Crippen LogP contribution in [-0.4, -0.2) is 16.4 Å². The van der Waals surface area contributed by atoms with Gasteiger partial charge >= 0.3 is 24.8 Å². The fraction of sp³-hybridized carbons (Fsp3) is 0.167. The lowest BCUT2D eigenvalue weighted by molar-refractivity contribution is -0.144. The van der Waals surface area contributed by atoms with Crippen LogP contribution in [0.3, 0.4) is 0 Å².